The molecule has 0 amide bonds. The van der Waals surface area contributed by atoms with Crippen molar-refractivity contribution in [2.45, 2.75) is 31.6 Å². The molecule has 0 radical (unpaired) electrons. The van der Waals surface area contributed by atoms with Gasteiger partial charge in [0.05, 0.1) is 5.69 Å². The minimum Gasteiger partial charge on any atom is -0.154 e. The zero-order valence-corrected chi connectivity index (χ0v) is 8.74. The molecule has 2 nitrogen and oxygen atoms in total. The fourth-order valence-electron chi connectivity index (χ4n) is 3.13. The van der Waals surface area contributed by atoms with Crippen LogP contribution in [-0.4, -0.2) is 10.2 Å². The number of halogens is 1. The van der Waals surface area contributed by atoms with E-state index < -0.39 is 0 Å². The van der Waals surface area contributed by atoms with E-state index in [9.17, 15) is 0 Å². The van der Waals surface area contributed by atoms with E-state index in [0.29, 0.717) is 11.1 Å². The van der Waals surface area contributed by atoms with Crippen molar-refractivity contribution in [1.29, 1.82) is 0 Å². The molecule has 74 valence electrons. The average molecular weight is 209 g/mol. The van der Waals surface area contributed by atoms with Gasteiger partial charge < -0.3 is 0 Å². The number of nitrogens with zero attached hydrogens (tertiary/aromatic N) is 2. The molecule has 0 saturated heterocycles. The Morgan fingerprint density at radius 1 is 1.14 bits per heavy atom. The summed E-state index contributed by atoms with van der Waals surface area (Å²) < 4.78 is 0. The van der Waals surface area contributed by atoms with Gasteiger partial charge in [-0.2, -0.15) is 5.10 Å². The Hall–Kier alpha value is -0.630. The topological polar surface area (TPSA) is 25.8 Å². The summed E-state index contributed by atoms with van der Waals surface area (Å²) in [5.74, 6) is 2.50. The summed E-state index contributed by atoms with van der Waals surface area (Å²) in [5, 5.41) is 8.62. The van der Waals surface area contributed by atoms with Gasteiger partial charge in [-0.3, -0.25) is 0 Å². The number of hydrogen-bond acceptors (Lipinski definition) is 2. The summed E-state index contributed by atoms with van der Waals surface area (Å²) in [6, 6.07) is 3.90. The largest absolute Gasteiger partial charge is 0.154 e. The average Bonchev–Trinajstić information content (AvgIpc) is 2.80. The molecule has 14 heavy (non-hydrogen) atoms. The van der Waals surface area contributed by atoms with Crippen molar-refractivity contribution in [2.24, 2.45) is 11.8 Å². The highest BCUT2D eigenvalue weighted by Gasteiger charge is 2.40. The van der Waals surface area contributed by atoms with E-state index in [1.165, 1.54) is 25.7 Å². The van der Waals surface area contributed by atoms with Crippen LogP contribution in [0.5, 0.6) is 0 Å². The van der Waals surface area contributed by atoms with Crippen molar-refractivity contribution >= 4 is 11.6 Å². The number of hydrogen-bond donors (Lipinski definition) is 0. The Morgan fingerprint density at radius 3 is 2.64 bits per heavy atom. The third kappa shape index (κ3) is 1.33. The van der Waals surface area contributed by atoms with Crippen molar-refractivity contribution in [3.63, 3.8) is 0 Å². The highest BCUT2D eigenvalue weighted by atomic mass is 35.5. The molecule has 2 fully saturated rings. The molecule has 1 aromatic heterocycles. The van der Waals surface area contributed by atoms with Crippen LogP contribution in [0, 0.1) is 11.8 Å². The molecule has 0 spiro atoms. The molecule has 2 aliphatic carbocycles. The standard InChI is InChI=1S/C11H13ClN2/c12-11-4-3-10(13-14-11)9-6-7-1-2-8(9)5-7/h3-4,7-9H,1-2,5-6H2. The Balaban J connectivity index is 1.86. The van der Waals surface area contributed by atoms with Crippen LogP contribution in [0.2, 0.25) is 5.15 Å². The lowest BCUT2D eigenvalue weighted by atomic mass is 9.86. The van der Waals surface area contributed by atoms with Crippen LogP contribution >= 0.6 is 11.6 Å². The van der Waals surface area contributed by atoms with Crippen molar-refractivity contribution in [2.75, 3.05) is 0 Å². The molecular weight excluding hydrogens is 196 g/mol. The minimum absolute atomic E-state index is 0.497. The van der Waals surface area contributed by atoms with Crippen molar-refractivity contribution in [3.05, 3.63) is 23.0 Å². The van der Waals surface area contributed by atoms with Gasteiger partial charge in [-0.25, -0.2) is 0 Å². The third-order valence-corrected chi connectivity index (χ3v) is 3.97. The van der Waals surface area contributed by atoms with Crippen LogP contribution in [0.15, 0.2) is 12.1 Å². The van der Waals surface area contributed by atoms with E-state index in [2.05, 4.69) is 10.2 Å². The lowest BCUT2D eigenvalue weighted by Crippen LogP contribution is -2.10. The summed E-state index contributed by atoms with van der Waals surface area (Å²) in [4.78, 5) is 0. The third-order valence-electron chi connectivity index (χ3n) is 3.77. The highest BCUT2D eigenvalue weighted by molar-refractivity contribution is 6.29. The fraction of sp³-hybridized carbons (Fsp3) is 0.636. The number of rotatable bonds is 1. The van der Waals surface area contributed by atoms with Crippen molar-refractivity contribution in [3.8, 4) is 0 Å². The molecule has 0 aromatic carbocycles. The molecule has 2 saturated carbocycles. The molecule has 1 heterocycles. The lowest BCUT2D eigenvalue weighted by molar-refractivity contribution is 0.410. The van der Waals surface area contributed by atoms with Gasteiger partial charge in [-0.1, -0.05) is 18.0 Å². The monoisotopic (exact) mass is 208 g/mol. The first-order valence-electron chi connectivity index (χ1n) is 5.32. The predicted octanol–water partition coefficient (Wildman–Crippen LogP) is 3.03. The minimum atomic E-state index is 0.497. The van der Waals surface area contributed by atoms with Crippen LogP contribution in [-0.2, 0) is 0 Å². The van der Waals surface area contributed by atoms with Gasteiger partial charge in [0.15, 0.2) is 5.15 Å². The van der Waals surface area contributed by atoms with Gasteiger partial charge in [-0.15, -0.1) is 5.10 Å². The molecule has 0 aliphatic heterocycles. The first-order valence-corrected chi connectivity index (χ1v) is 5.70. The SMILES string of the molecule is Clc1ccc(C2CC3CCC2C3)nn1. The number of fused-ring (bicyclic) bond motifs is 2. The normalized spacial score (nSPS) is 35.1. The maximum atomic E-state index is 5.72. The molecule has 3 heteroatoms. The van der Waals surface area contributed by atoms with Crippen molar-refractivity contribution in [1.82, 2.24) is 10.2 Å². The van der Waals surface area contributed by atoms with E-state index in [0.717, 1.165) is 17.5 Å². The second-order valence-corrected chi connectivity index (χ2v) is 4.95. The Morgan fingerprint density at radius 2 is 2.07 bits per heavy atom. The zero-order valence-electron chi connectivity index (χ0n) is 7.99. The van der Waals surface area contributed by atoms with Gasteiger partial charge in [0.25, 0.3) is 0 Å². The Bertz CT molecular complexity index is 336. The maximum Gasteiger partial charge on any atom is 0.151 e. The molecule has 1 aromatic rings. The van der Waals surface area contributed by atoms with Crippen LogP contribution in [0.4, 0.5) is 0 Å². The zero-order chi connectivity index (χ0) is 9.54. The predicted molar refractivity (Wildman–Crippen MR) is 55.2 cm³/mol. The second-order valence-electron chi connectivity index (χ2n) is 4.56. The molecular formula is C11H13ClN2. The molecule has 3 atom stereocenters. The summed E-state index contributed by atoms with van der Waals surface area (Å²) in [6.07, 6.45) is 5.55. The van der Waals surface area contributed by atoms with Crippen LogP contribution < -0.4 is 0 Å². The molecule has 0 N–H and O–H groups in total. The Kier molecular flexibility index (Phi) is 1.98. The van der Waals surface area contributed by atoms with Gasteiger partial charge in [0, 0.05) is 5.92 Å². The van der Waals surface area contributed by atoms with E-state index >= 15 is 0 Å². The summed E-state index contributed by atoms with van der Waals surface area (Å²) >= 11 is 5.72. The smallest absolute Gasteiger partial charge is 0.151 e. The van der Waals surface area contributed by atoms with Crippen LogP contribution in [0.3, 0.4) is 0 Å². The van der Waals surface area contributed by atoms with Gasteiger partial charge in [-0.05, 0) is 43.2 Å². The lowest BCUT2D eigenvalue weighted by Gasteiger charge is -2.20. The van der Waals surface area contributed by atoms with Gasteiger partial charge in [0.2, 0.25) is 0 Å². The highest BCUT2D eigenvalue weighted by Crippen LogP contribution is 2.52. The van der Waals surface area contributed by atoms with E-state index in [1.807, 2.05) is 12.1 Å². The van der Waals surface area contributed by atoms with Crippen molar-refractivity contribution < 1.29 is 0 Å². The van der Waals surface area contributed by atoms with E-state index in [1.54, 1.807) is 0 Å². The van der Waals surface area contributed by atoms with Gasteiger partial charge in [0.1, 0.15) is 0 Å². The molecule has 2 aliphatic rings. The summed E-state index contributed by atoms with van der Waals surface area (Å²) in [5.41, 5.74) is 1.15. The summed E-state index contributed by atoms with van der Waals surface area (Å²) in [6.45, 7) is 0. The molecule has 3 rings (SSSR count). The van der Waals surface area contributed by atoms with E-state index in [4.69, 9.17) is 11.6 Å². The molecule has 3 unspecified atom stereocenters. The number of aromatic nitrogens is 2. The molecule has 2 bridgehead atoms. The van der Waals surface area contributed by atoms with E-state index in [-0.39, 0.29) is 0 Å². The first kappa shape index (κ1) is 8.66. The second kappa shape index (κ2) is 3.20. The van der Waals surface area contributed by atoms with Crippen LogP contribution in [0.1, 0.15) is 37.3 Å². The van der Waals surface area contributed by atoms with Gasteiger partial charge >= 0.3 is 0 Å². The fourth-order valence-corrected chi connectivity index (χ4v) is 3.23. The maximum absolute atomic E-state index is 5.72. The van der Waals surface area contributed by atoms with Crippen LogP contribution in [0.25, 0.3) is 0 Å². The summed E-state index contributed by atoms with van der Waals surface area (Å²) in [7, 11) is 0. The Labute approximate surface area is 88.7 Å². The quantitative estimate of drug-likeness (QED) is 0.709. The first-order chi connectivity index (χ1) is 6.83.